The number of ketones is 1. The van der Waals surface area contributed by atoms with Gasteiger partial charge in [0.25, 0.3) is 0 Å². The number of hydrogen-bond acceptors (Lipinski definition) is 4. The largest absolute Gasteiger partial charge is 0.469 e. The van der Waals surface area contributed by atoms with Crippen LogP contribution in [-0.2, 0) is 0 Å². The maximum absolute atomic E-state index is 12.4. The van der Waals surface area contributed by atoms with E-state index in [9.17, 15) is 4.79 Å². The molecule has 1 aromatic carbocycles. The van der Waals surface area contributed by atoms with Crippen LogP contribution < -0.4 is 5.43 Å². The molecule has 0 spiro atoms. The van der Waals surface area contributed by atoms with Crippen LogP contribution in [-0.4, -0.2) is 18.0 Å². The van der Waals surface area contributed by atoms with Crippen molar-refractivity contribution in [3.63, 3.8) is 0 Å². The molecule has 0 amide bonds. The summed E-state index contributed by atoms with van der Waals surface area (Å²) in [6.45, 7) is 0.588. The van der Waals surface area contributed by atoms with E-state index >= 15 is 0 Å². The number of hydrogen-bond donors (Lipinski definition) is 1. The van der Waals surface area contributed by atoms with Gasteiger partial charge in [-0.25, -0.2) is 0 Å². The van der Waals surface area contributed by atoms with Gasteiger partial charge in [-0.3, -0.25) is 4.79 Å². The average molecular weight is 319 g/mol. The van der Waals surface area contributed by atoms with Gasteiger partial charge in [0.2, 0.25) is 5.78 Å². The predicted molar refractivity (Wildman–Crippen MR) is 75.4 cm³/mol. The fourth-order valence-electron chi connectivity index (χ4n) is 2.08. The van der Waals surface area contributed by atoms with Gasteiger partial charge < -0.3 is 9.84 Å². The Morgan fingerprint density at radius 1 is 1.32 bits per heavy atom. The van der Waals surface area contributed by atoms with E-state index < -0.39 is 0 Å². The van der Waals surface area contributed by atoms with Crippen molar-refractivity contribution in [2.75, 3.05) is 6.54 Å². The van der Waals surface area contributed by atoms with Crippen LogP contribution in [0.15, 0.2) is 56.7 Å². The second-order valence-electron chi connectivity index (χ2n) is 4.26. The Kier molecular flexibility index (Phi) is 3.21. The molecule has 0 saturated carbocycles. The number of nitrogens with zero attached hydrogens (tertiary/aromatic N) is 1. The van der Waals surface area contributed by atoms with Crippen molar-refractivity contribution in [2.24, 2.45) is 5.10 Å². The van der Waals surface area contributed by atoms with Crippen molar-refractivity contribution in [1.29, 1.82) is 0 Å². The smallest absolute Gasteiger partial charge is 0.209 e. The lowest BCUT2D eigenvalue weighted by Gasteiger charge is -2.08. The van der Waals surface area contributed by atoms with E-state index in [1.165, 1.54) is 0 Å². The number of carbonyl (C=O) groups is 1. The molecule has 1 aromatic heterocycles. The zero-order valence-corrected chi connectivity index (χ0v) is 11.6. The quantitative estimate of drug-likeness (QED) is 0.885. The molecule has 1 aliphatic rings. The average Bonchev–Trinajstić information content (AvgIpc) is 3.09. The second kappa shape index (κ2) is 5.01. The molecular formula is C14H11BrN2O2. The maximum Gasteiger partial charge on any atom is 0.209 e. The summed E-state index contributed by atoms with van der Waals surface area (Å²) in [6, 6.07) is 10.9. The van der Waals surface area contributed by atoms with Gasteiger partial charge in [-0.05, 0) is 36.4 Å². The molecule has 5 heteroatoms. The number of Topliss-reactive ketones (excluding diaryl/α,β-unsaturated/α-hetero) is 1. The first-order chi connectivity index (χ1) is 9.25. The summed E-state index contributed by atoms with van der Waals surface area (Å²) < 4.78 is 6.31. The Bertz CT molecular complexity index is 617. The molecule has 0 aliphatic carbocycles. The molecule has 1 unspecified atom stereocenters. The number of hydrazone groups is 1. The molecule has 0 saturated heterocycles. The van der Waals surface area contributed by atoms with Crippen molar-refractivity contribution in [2.45, 2.75) is 5.92 Å². The normalized spacial score (nSPS) is 17.9. The summed E-state index contributed by atoms with van der Waals surface area (Å²) in [5, 5.41) is 4.12. The number of rotatable bonds is 3. The zero-order valence-electron chi connectivity index (χ0n) is 9.97. The topological polar surface area (TPSA) is 54.6 Å². The van der Waals surface area contributed by atoms with E-state index in [0.29, 0.717) is 17.8 Å². The summed E-state index contributed by atoms with van der Waals surface area (Å²) in [5.74, 6) is 0.569. The molecule has 1 atom stereocenters. The highest BCUT2D eigenvalue weighted by molar-refractivity contribution is 9.10. The minimum absolute atomic E-state index is 0.0705. The number of nitrogens with one attached hydrogen (secondary N) is 1. The molecule has 1 N–H and O–H groups in total. The number of halogens is 1. The van der Waals surface area contributed by atoms with Crippen LogP contribution in [0.25, 0.3) is 0 Å². The minimum Gasteiger partial charge on any atom is -0.469 e. The lowest BCUT2D eigenvalue weighted by atomic mass is 9.95. The lowest BCUT2D eigenvalue weighted by molar-refractivity contribution is 0.106. The third-order valence-corrected chi connectivity index (χ3v) is 3.58. The Balaban J connectivity index is 1.89. The van der Waals surface area contributed by atoms with Crippen LogP contribution in [0.4, 0.5) is 0 Å². The van der Waals surface area contributed by atoms with Crippen LogP contribution in [0.2, 0.25) is 0 Å². The first-order valence-corrected chi connectivity index (χ1v) is 6.69. The van der Waals surface area contributed by atoms with Gasteiger partial charge in [0.1, 0.15) is 11.5 Å². The van der Waals surface area contributed by atoms with Crippen LogP contribution in [0.5, 0.6) is 0 Å². The second-order valence-corrected chi connectivity index (χ2v) is 5.18. The molecule has 0 fully saturated rings. The first-order valence-electron chi connectivity index (χ1n) is 5.90. The van der Waals surface area contributed by atoms with Crippen molar-refractivity contribution in [3.8, 4) is 0 Å². The standard InChI is InChI=1S/C14H11BrN2O2/c15-10-5-3-9(4-6-10)14(18)13-11(8-16-17-13)12-2-1-7-19-12/h1-7,11,16H,8H2. The Labute approximate surface area is 118 Å². The van der Waals surface area contributed by atoms with Gasteiger partial charge in [-0.2, -0.15) is 5.10 Å². The maximum atomic E-state index is 12.4. The van der Waals surface area contributed by atoms with Crippen molar-refractivity contribution in [3.05, 3.63) is 58.5 Å². The first kappa shape index (κ1) is 12.2. The summed E-state index contributed by atoms with van der Waals surface area (Å²) in [7, 11) is 0. The molecule has 96 valence electrons. The van der Waals surface area contributed by atoms with E-state index in [1.807, 2.05) is 24.3 Å². The molecule has 0 bridgehead atoms. The molecule has 2 aromatic rings. The summed E-state index contributed by atoms with van der Waals surface area (Å²) in [6.07, 6.45) is 1.61. The molecule has 2 heterocycles. The molecule has 3 rings (SSSR count). The summed E-state index contributed by atoms with van der Waals surface area (Å²) >= 11 is 3.35. The third-order valence-electron chi connectivity index (χ3n) is 3.05. The van der Waals surface area contributed by atoms with Crippen LogP contribution >= 0.6 is 15.9 Å². The van der Waals surface area contributed by atoms with Crippen molar-refractivity contribution in [1.82, 2.24) is 5.43 Å². The van der Waals surface area contributed by atoms with Crippen molar-refractivity contribution < 1.29 is 9.21 Å². The van der Waals surface area contributed by atoms with Crippen LogP contribution in [0.3, 0.4) is 0 Å². The minimum atomic E-state index is -0.119. The van der Waals surface area contributed by atoms with Crippen LogP contribution in [0, 0.1) is 0 Å². The fourth-order valence-corrected chi connectivity index (χ4v) is 2.34. The van der Waals surface area contributed by atoms with Crippen LogP contribution in [0.1, 0.15) is 22.0 Å². The monoisotopic (exact) mass is 318 g/mol. The van der Waals surface area contributed by atoms with Gasteiger partial charge >= 0.3 is 0 Å². The van der Waals surface area contributed by atoms with Crippen molar-refractivity contribution >= 4 is 27.4 Å². The van der Waals surface area contributed by atoms with E-state index in [2.05, 4.69) is 26.5 Å². The molecule has 0 radical (unpaired) electrons. The molecule has 19 heavy (non-hydrogen) atoms. The van der Waals surface area contributed by atoms with Gasteiger partial charge in [0, 0.05) is 16.6 Å². The summed E-state index contributed by atoms with van der Waals surface area (Å²) in [5.41, 5.74) is 4.00. The lowest BCUT2D eigenvalue weighted by Crippen LogP contribution is -2.21. The van der Waals surface area contributed by atoms with E-state index in [1.54, 1.807) is 18.4 Å². The zero-order chi connectivity index (χ0) is 13.2. The number of benzene rings is 1. The SMILES string of the molecule is O=C(C1=NNCC1c1ccco1)c1ccc(Br)cc1. The highest BCUT2D eigenvalue weighted by Gasteiger charge is 2.31. The van der Waals surface area contributed by atoms with Gasteiger partial charge in [-0.1, -0.05) is 15.9 Å². The van der Waals surface area contributed by atoms with Gasteiger partial charge in [-0.15, -0.1) is 0 Å². The van der Waals surface area contributed by atoms with E-state index in [0.717, 1.165) is 10.2 Å². The van der Waals surface area contributed by atoms with Gasteiger partial charge in [0.15, 0.2) is 0 Å². The third kappa shape index (κ3) is 2.33. The number of furan rings is 1. The molecule has 4 nitrogen and oxygen atoms in total. The predicted octanol–water partition coefficient (Wildman–Crippen LogP) is 2.97. The fraction of sp³-hybridized carbons (Fsp3) is 0.143. The molecule has 1 aliphatic heterocycles. The Morgan fingerprint density at radius 2 is 2.11 bits per heavy atom. The number of carbonyl (C=O) groups excluding carboxylic acids is 1. The van der Waals surface area contributed by atoms with Gasteiger partial charge in [0.05, 0.1) is 12.2 Å². The molecular weight excluding hydrogens is 308 g/mol. The Hall–Kier alpha value is -1.88. The van der Waals surface area contributed by atoms with E-state index in [-0.39, 0.29) is 11.7 Å². The highest BCUT2D eigenvalue weighted by Crippen LogP contribution is 2.23. The highest BCUT2D eigenvalue weighted by atomic mass is 79.9. The van der Waals surface area contributed by atoms with E-state index in [4.69, 9.17) is 4.42 Å². The summed E-state index contributed by atoms with van der Waals surface area (Å²) in [4.78, 5) is 12.4. The Morgan fingerprint density at radius 3 is 2.79 bits per heavy atom.